The van der Waals surface area contributed by atoms with E-state index in [0.29, 0.717) is 11.0 Å². The van der Waals surface area contributed by atoms with Gasteiger partial charge < -0.3 is 14.6 Å². The largest absolute Gasteiger partial charge is 0.481 e. The van der Waals surface area contributed by atoms with Crippen LogP contribution < -0.4 is 0 Å². The van der Waals surface area contributed by atoms with Crippen molar-refractivity contribution in [3.8, 4) is 0 Å². The van der Waals surface area contributed by atoms with Crippen molar-refractivity contribution in [3.05, 3.63) is 35.1 Å². The average Bonchev–Trinajstić information content (AvgIpc) is 2.57. The minimum Gasteiger partial charge on any atom is -0.481 e. The molecule has 17 heavy (non-hydrogen) atoms. The molecular formula is C12H10O5. The maximum absolute atomic E-state index is 11.0. The number of rotatable bonds is 3. The number of furan rings is 1. The number of carbonyl (C=O) groups is 2. The molecule has 0 radical (unpaired) electrons. The number of aryl methyl sites for hydroxylation is 1. The van der Waals surface area contributed by atoms with Crippen LogP contribution in [0.4, 0.5) is 0 Å². The summed E-state index contributed by atoms with van der Waals surface area (Å²) in [4.78, 5) is 21.8. The number of fused-ring (bicyclic) bond motifs is 1. The van der Waals surface area contributed by atoms with Crippen LogP contribution in [0, 0.1) is 6.92 Å². The molecule has 0 atom stereocenters. The Hall–Kier alpha value is -2.30. The molecular weight excluding hydrogens is 224 g/mol. The topological polar surface area (TPSA) is 87.7 Å². The lowest BCUT2D eigenvalue weighted by atomic mass is 10.0. The van der Waals surface area contributed by atoms with Crippen LogP contribution in [0.15, 0.2) is 22.6 Å². The van der Waals surface area contributed by atoms with Crippen molar-refractivity contribution in [2.24, 2.45) is 0 Å². The summed E-state index contributed by atoms with van der Waals surface area (Å²) in [5, 5.41) is 18.4. The Kier molecular flexibility index (Phi) is 2.59. The third-order valence-corrected chi connectivity index (χ3v) is 2.54. The molecule has 2 N–H and O–H groups in total. The van der Waals surface area contributed by atoms with Gasteiger partial charge in [0.25, 0.3) is 0 Å². The molecule has 2 aromatic rings. The summed E-state index contributed by atoms with van der Waals surface area (Å²) in [6.45, 7) is 1.79. The van der Waals surface area contributed by atoms with E-state index >= 15 is 0 Å². The number of hydrogen-bond donors (Lipinski definition) is 2. The van der Waals surface area contributed by atoms with Gasteiger partial charge in [-0.15, -0.1) is 0 Å². The molecule has 0 aliphatic heterocycles. The molecule has 0 saturated carbocycles. The Bertz CT molecular complexity index is 609. The van der Waals surface area contributed by atoms with Crippen molar-refractivity contribution in [2.45, 2.75) is 13.3 Å². The van der Waals surface area contributed by atoms with E-state index in [1.165, 1.54) is 0 Å². The molecule has 0 aliphatic carbocycles. The highest BCUT2D eigenvalue weighted by atomic mass is 16.4. The van der Waals surface area contributed by atoms with Crippen molar-refractivity contribution in [1.29, 1.82) is 0 Å². The Balaban J connectivity index is 2.77. The normalized spacial score (nSPS) is 10.6. The summed E-state index contributed by atoms with van der Waals surface area (Å²) in [6, 6.07) is 5.15. The van der Waals surface area contributed by atoms with Gasteiger partial charge in [0, 0.05) is 10.9 Å². The zero-order valence-corrected chi connectivity index (χ0v) is 9.06. The van der Waals surface area contributed by atoms with Gasteiger partial charge >= 0.3 is 11.9 Å². The van der Waals surface area contributed by atoms with Gasteiger partial charge in [0.05, 0.1) is 6.42 Å². The van der Waals surface area contributed by atoms with Crippen LogP contribution >= 0.6 is 0 Å². The van der Waals surface area contributed by atoms with Crippen molar-refractivity contribution in [3.63, 3.8) is 0 Å². The predicted molar refractivity (Wildman–Crippen MR) is 59.3 cm³/mol. The molecule has 5 nitrogen and oxygen atoms in total. The second-order valence-corrected chi connectivity index (χ2v) is 3.73. The number of benzene rings is 1. The van der Waals surface area contributed by atoms with E-state index in [1.54, 1.807) is 25.1 Å². The highest BCUT2D eigenvalue weighted by Gasteiger charge is 2.22. The van der Waals surface area contributed by atoms with Gasteiger partial charge in [0.2, 0.25) is 5.76 Å². The molecule has 1 heterocycles. The lowest BCUT2D eigenvalue weighted by Crippen LogP contribution is -2.05. The number of carboxylic acid groups (broad SMARTS) is 2. The first-order chi connectivity index (χ1) is 8.00. The zero-order chi connectivity index (χ0) is 12.6. The molecule has 1 aromatic heterocycles. The monoisotopic (exact) mass is 234 g/mol. The first-order valence-corrected chi connectivity index (χ1v) is 4.96. The highest BCUT2D eigenvalue weighted by Crippen LogP contribution is 2.29. The molecule has 0 bridgehead atoms. The molecule has 88 valence electrons. The summed E-state index contributed by atoms with van der Waals surface area (Å²) in [6.07, 6.45) is -0.362. The van der Waals surface area contributed by atoms with Crippen LogP contribution in [0.3, 0.4) is 0 Å². The van der Waals surface area contributed by atoms with Gasteiger partial charge in [-0.1, -0.05) is 12.1 Å². The van der Waals surface area contributed by atoms with Crippen LogP contribution in [0.2, 0.25) is 0 Å². The lowest BCUT2D eigenvalue weighted by molar-refractivity contribution is -0.136. The van der Waals surface area contributed by atoms with Crippen LogP contribution in [-0.4, -0.2) is 22.2 Å². The average molecular weight is 234 g/mol. The van der Waals surface area contributed by atoms with Gasteiger partial charge in [-0.05, 0) is 18.6 Å². The van der Waals surface area contributed by atoms with Crippen LogP contribution in [0.25, 0.3) is 11.0 Å². The smallest absolute Gasteiger partial charge is 0.372 e. The first kappa shape index (κ1) is 11.2. The number of aliphatic carboxylic acids is 1. The van der Waals surface area contributed by atoms with Crippen LogP contribution in [0.1, 0.15) is 21.7 Å². The fourth-order valence-electron chi connectivity index (χ4n) is 1.89. The van der Waals surface area contributed by atoms with Gasteiger partial charge in [0.15, 0.2) is 0 Å². The third kappa shape index (κ3) is 1.87. The standard InChI is InChI=1S/C12H10O5/c1-6-3-2-4-8-10(6)7(5-9(13)14)11(17-8)12(15)16/h2-4H,5H2,1H3,(H,13,14)(H,15,16). The predicted octanol–water partition coefficient (Wildman–Crippen LogP) is 2.07. The molecule has 2 rings (SSSR count). The van der Waals surface area contributed by atoms with Crippen LogP contribution in [-0.2, 0) is 11.2 Å². The second kappa shape index (κ2) is 3.93. The van der Waals surface area contributed by atoms with E-state index in [-0.39, 0.29) is 17.7 Å². The molecule has 0 spiro atoms. The zero-order valence-electron chi connectivity index (χ0n) is 9.06. The first-order valence-electron chi connectivity index (χ1n) is 4.96. The molecule has 5 heteroatoms. The highest BCUT2D eigenvalue weighted by molar-refractivity contribution is 5.98. The van der Waals surface area contributed by atoms with Gasteiger partial charge in [-0.25, -0.2) is 4.79 Å². The van der Waals surface area contributed by atoms with Crippen molar-refractivity contribution in [2.75, 3.05) is 0 Å². The number of aromatic carboxylic acids is 1. The summed E-state index contributed by atoms with van der Waals surface area (Å²) >= 11 is 0. The van der Waals surface area contributed by atoms with E-state index in [2.05, 4.69) is 0 Å². The number of carboxylic acids is 2. The fourth-order valence-corrected chi connectivity index (χ4v) is 1.89. The Morgan fingerprint density at radius 1 is 1.29 bits per heavy atom. The Labute approximate surface area is 96.3 Å². The van der Waals surface area contributed by atoms with Crippen molar-refractivity contribution >= 4 is 22.9 Å². The molecule has 0 amide bonds. The lowest BCUT2D eigenvalue weighted by Gasteiger charge is -1.98. The third-order valence-electron chi connectivity index (χ3n) is 2.54. The van der Waals surface area contributed by atoms with Gasteiger partial charge in [-0.2, -0.15) is 0 Å². The Morgan fingerprint density at radius 2 is 2.00 bits per heavy atom. The molecule has 0 aliphatic rings. The number of hydrogen-bond acceptors (Lipinski definition) is 3. The molecule has 0 unspecified atom stereocenters. The molecule has 1 aromatic carbocycles. The van der Waals surface area contributed by atoms with E-state index in [1.807, 2.05) is 0 Å². The van der Waals surface area contributed by atoms with Gasteiger partial charge in [0.1, 0.15) is 5.58 Å². The maximum Gasteiger partial charge on any atom is 0.372 e. The quantitative estimate of drug-likeness (QED) is 0.848. The summed E-state index contributed by atoms with van der Waals surface area (Å²) < 4.78 is 5.18. The van der Waals surface area contributed by atoms with E-state index < -0.39 is 11.9 Å². The molecule has 0 fully saturated rings. The maximum atomic E-state index is 11.0. The molecule has 0 saturated heterocycles. The second-order valence-electron chi connectivity index (χ2n) is 3.73. The minimum absolute atomic E-state index is 0.220. The van der Waals surface area contributed by atoms with Crippen molar-refractivity contribution < 1.29 is 24.2 Å². The fraction of sp³-hybridized carbons (Fsp3) is 0.167. The van der Waals surface area contributed by atoms with Crippen molar-refractivity contribution in [1.82, 2.24) is 0 Å². The van der Waals surface area contributed by atoms with E-state index in [4.69, 9.17) is 14.6 Å². The minimum atomic E-state index is -1.25. The SMILES string of the molecule is Cc1cccc2oc(C(=O)O)c(CC(=O)O)c12. The van der Waals surface area contributed by atoms with E-state index in [0.717, 1.165) is 5.56 Å². The summed E-state index contributed by atoms with van der Waals surface area (Å²) in [5.41, 5.74) is 1.42. The summed E-state index contributed by atoms with van der Waals surface area (Å²) in [5.74, 6) is -2.63. The Morgan fingerprint density at radius 3 is 2.59 bits per heavy atom. The summed E-state index contributed by atoms with van der Waals surface area (Å²) in [7, 11) is 0. The van der Waals surface area contributed by atoms with Gasteiger partial charge in [-0.3, -0.25) is 4.79 Å². The van der Waals surface area contributed by atoms with Crippen LogP contribution in [0.5, 0.6) is 0 Å². The van der Waals surface area contributed by atoms with E-state index in [9.17, 15) is 9.59 Å².